The van der Waals surface area contributed by atoms with Gasteiger partial charge in [-0.2, -0.15) is 5.10 Å². The number of fused-ring (bicyclic) bond motifs is 1. The average Bonchev–Trinajstić information content (AvgIpc) is 2.79. The molecule has 0 radical (unpaired) electrons. The van der Waals surface area contributed by atoms with E-state index in [4.69, 9.17) is 0 Å². The highest BCUT2D eigenvalue weighted by molar-refractivity contribution is 5.45. The zero-order chi connectivity index (χ0) is 11.7. The fourth-order valence-electron chi connectivity index (χ4n) is 2.32. The maximum Gasteiger partial charge on any atom is 0.157 e. The van der Waals surface area contributed by atoms with Crippen LogP contribution in [0.1, 0.15) is 25.7 Å². The first-order valence-electron chi connectivity index (χ1n) is 6.06. The molecule has 2 aromatic rings. The van der Waals surface area contributed by atoms with Crippen LogP contribution >= 0.6 is 0 Å². The van der Waals surface area contributed by atoms with E-state index in [0.717, 1.165) is 37.1 Å². The van der Waals surface area contributed by atoms with Crippen molar-refractivity contribution in [3.8, 4) is 0 Å². The van der Waals surface area contributed by atoms with Gasteiger partial charge in [0.2, 0.25) is 0 Å². The molecule has 5 nitrogen and oxygen atoms in total. The Hall–Kier alpha value is -1.62. The lowest BCUT2D eigenvalue weighted by molar-refractivity contribution is 0.126. The second-order valence-electron chi connectivity index (χ2n) is 4.60. The van der Waals surface area contributed by atoms with E-state index in [0.29, 0.717) is 6.04 Å². The van der Waals surface area contributed by atoms with Crippen LogP contribution in [-0.2, 0) is 0 Å². The summed E-state index contributed by atoms with van der Waals surface area (Å²) < 4.78 is 1.75. The Morgan fingerprint density at radius 1 is 1.24 bits per heavy atom. The molecule has 1 fully saturated rings. The Kier molecular flexibility index (Phi) is 2.68. The number of aliphatic hydroxyl groups excluding tert-OH is 1. The molecule has 0 bridgehead atoms. The third-order valence-corrected chi connectivity index (χ3v) is 3.31. The second-order valence-corrected chi connectivity index (χ2v) is 4.60. The molecule has 1 saturated carbocycles. The van der Waals surface area contributed by atoms with E-state index in [1.807, 2.05) is 18.3 Å². The first-order valence-corrected chi connectivity index (χ1v) is 6.06. The first-order chi connectivity index (χ1) is 8.31. The van der Waals surface area contributed by atoms with Gasteiger partial charge in [-0.05, 0) is 31.7 Å². The summed E-state index contributed by atoms with van der Waals surface area (Å²) in [6.45, 7) is 0. The summed E-state index contributed by atoms with van der Waals surface area (Å²) in [7, 11) is 0. The molecule has 2 heterocycles. The molecule has 0 saturated heterocycles. The minimum atomic E-state index is -0.113. The summed E-state index contributed by atoms with van der Waals surface area (Å²) in [5.41, 5.74) is 0.853. The quantitative estimate of drug-likeness (QED) is 0.822. The van der Waals surface area contributed by atoms with Gasteiger partial charge in [-0.25, -0.2) is 9.50 Å². The number of nitrogens with one attached hydrogen (secondary N) is 1. The summed E-state index contributed by atoms with van der Waals surface area (Å²) in [4.78, 5) is 4.48. The van der Waals surface area contributed by atoms with Gasteiger partial charge in [0.25, 0.3) is 0 Å². The van der Waals surface area contributed by atoms with Gasteiger partial charge in [0.1, 0.15) is 5.82 Å². The number of rotatable bonds is 2. The topological polar surface area (TPSA) is 62.5 Å². The lowest BCUT2D eigenvalue weighted by Gasteiger charge is -2.26. The van der Waals surface area contributed by atoms with E-state index in [2.05, 4.69) is 15.4 Å². The van der Waals surface area contributed by atoms with Crippen molar-refractivity contribution in [3.05, 3.63) is 24.5 Å². The van der Waals surface area contributed by atoms with Crippen molar-refractivity contribution in [2.75, 3.05) is 5.32 Å². The number of hydrogen-bond donors (Lipinski definition) is 2. The Morgan fingerprint density at radius 2 is 2.06 bits per heavy atom. The Bertz CT molecular complexity index is 502. The van der Waals surface area contributed by atoms with Gasteiger partial charge in [0.15, 0.2) is 5.65 Å². The van der Waals surface area contributed by atoms with Gasteiger partial charge in [-0.1, -0.05) is 0 Å². The normalized spacial score (nSPS) is 25.0. The van der Waals surface area contributed by atoms with E-state index in [9.17, 15) is 5.11 Å². The predicted octanol–water partition coefficient (Wildman–Crippen LogP) is 1.44. The molecule has 2 N–H and O–H groups in total. The minimum absolute atomic E-state index is 0.113. The third kappa shape index (κ3) is 2.24. The molecular formula is C12H16N4O. The average molecular weight is 232 g/mol. The summed E-state index contributed by atoms with van der Waals surface area (Å²) in [5, 5.41) is 17.0. The van der Waals surface area contributed by atoms with Crippen LogP contribution in [0.3, 0.4) is 0 Å². The SMILES string of the molecule is O[C@H]1CC[C@@H](Nc2ccn3nccc3n2)CC1. The van der Waals surface area contributed by atoms with Crippen molar-refractivity contribution in [1.29, 1.82) is 0 Å². The zero-order valence-corrected chi connectivity index (χ0v) is 9.58. The first kappa shape index (κ1) is 10.5. The standard InChI is InChI=1S/C12H16N4O/c17-10-3-1-9(2-4-10)14-11-6-8-16-12(15-11)5-7-13-16/h5-10,17H,1-4H2,(H,14,15)/t9-,10+. The Balaban J connectivity index is 1.71. The van der Waals surface area contributed by atoms with Crippen LogP contribution < -0.4 is 5.32 Å². The van der Waals surface area contributed by atoms with Gasteiger partial charge in [-0.3, -0.25) is 0 Å². The van der Waals surface area contributed by atoms with Crippen LogP contribution in [-0.4, -0.2) is 31.9 Å². The van der Waals surface area contributed by atoms with Crippen molar-refractivity contribution in [2.45, 2.75) is 37.8 Å². The highest BCUT2D eigenvalue weighted by Gasteiger charge is 2.19. The van der Waals surface area contributed by atoms with Crippen molar-refractivity contribution in [1.82, 2.24) is 14.6 Å². The highest BCUT2D eigenvalue weighted by atomic mass is 16.3. The smallest absolute Gasteiger partial charge is 0.157 e. The molecule has 0 aromatic carbocycles. The van der Waals surface area contributed by atoms with Gasteiger partial charge >= 0.3 is 0 Å². The fraction of sp³-hybridized carbons (Fsp3) is 0.500. The lowest BCUT2D eigenvalue weighted by Crippen LogP contribution is -2.28. The van der Waals surface area contributed by atoms with Crippen LogP contribution in [0.15, 0.2) is 24.5 Å². The van der Waals surface area contributed by atoms with Crippen LogP contribution in [0, 0.1) is 0 Å². The monoisotopic (exact) mass is 232 g/mol. The van der Waals surface area contributed by atoms with Gasteiger partial charge in [-0.15, -0.1) is 0 Å². The second kappa shape index (κ2) is 4.33. The van der Waals surface area contributed by atoms with Gasteiger partial charge in [0.05, 0.1) is 12.3 Å². The molecule has 1 aliphatic carbocycles. The number of nitrogens with zero attached hydrogens (tertiary/aromatic N) is 3. The molecule has 17 heavy (non-hydrogen) atoms. The van der Waals surface area contributed by atoms with Crippen LogP contribution in [0.2, 0.25) is 0 Å². The fourth-order valence-corrected chi connectivity index (χ4v) is 2.32. The molecule has 0 amide bonds. The maximum absolute atomic E-state index is 9.45. The summed E-state index contributed by atoms with van der Waals surface area (Å²) in [6, 6.07) is 4.25. The molecule has 3 rings (SSSR count). The van der Waals surface area contributed by atoms with Crippen molar-refractivity contribution >= 4 is 11.5 Å². The van der Waals surface area contributed by atoms with E-state index in [-0.39, 0.29) is 6.10 Å². The van der Waals surface area contributed by atoms with Gasteiger partial charge in [0, 0.05) is 18.3 Å². The molecule has 5 heteroatoms. The zero-order valence-electron chi connectivity index (χ0n) is 9.58. The molecule has 90 valence electrons. The minimum Gasteiger partial charge on any atom is -0.393 e. The van der Waals surface area contributed by atoms with Crippen LogP contribution in [0.25, 0.3) is 5.65 Å². The number of hydrogen-bond acceptors (Lipinski definition) is 4. The molecule has 0 unspecified atom stereocenters. The summed E-state index contributed by atoms with van der Waals surface area (Å²) in [6.07, 6.45) is 7.31. The Labute approximate surface area is 99.5 Å². The molecule has 0 aliphatic heterocycles. The number of aliphatic hydroxyl groups is 1. The summed E-state index contributed by atoms with van der Waals surface area (Å²) in [5.74, 6) is 0.888. The maximum atomic E-state index is 9.45. The predicted molar refractivity (Wildman–Crippen MR) is 64.9 cm³/mol. The highest BCUT2D eigenvalue weighted by Crippen LogP contribution is 2.21. The van der Waals surface area contributed by atoms with Crippen molar-refractivity contribution < 1.29 is 5.11 Å². The van der Waals surface area contributed by atoms with E-state index >= 15 is 0 Å². The lowest BCUT2D eigenvalue weighted by atomic mass is 9.93. The van der Waals surface area contributed by atoms with E-state index in [1.165, 1.54) is 0 Å². The number of aromatic nitrogens is 3. The molecule has 2 aromatic heterocycles. The van der Waals surface area contributed by atoms with E-state index in [1.54, 1.807) is 10.7 Å². The van der Waals surface area contributed by atoms with Crippen LogP contribution in [0.5, 0.6) is 0 Å². The largest absolute Gasteiger partial charge is 0.393 e. The third-order valence-electron chi connectivity index (χ3n) is 3.31. The van der Waals surface area contributed by atoms with Crippen LogP contribution in [0.4, 0.5) is 5.82 Å². The molecular weight excluding hydrogens is 216 g/mol. The molecule has 0 spiro atoms. The van der Waals surface area contributed by atoms with Crippen molar-refractivity contribution in [2.24, 2.45) is 0 Å². The number of anilines is 1. The van der Waals surface area contributed by atoms with Gasteiger partial charge < -0.3 is 10.4 Å². The molecule has 1 aliphatic rings. The molecule has 0 atom stereocenters. The van der Waals surface area contributed by atoms with E-state index < -0.39 is 0 Å². The van der Waals surface area contributed by atoms with Crippen molar-refractivity contribution in [3.63, 3.8) is 0 Å². The summed E-state index contributed by atoms with van der Waals surface area (Å²) >= 11 is 0. The Morgan fingerprint density at radius 3 is 2.88 bits per heavy atom.